The van der Waals surface area contributed by atoms with Gasteiger partial charge in [0.25, 0.3) is 0 Å². The minimum Gasteiger partial charge on any atom is -0.392 e. The highest BCUT2D eigenvalue weighted by Crippen LogP contribution is 2.19. The second-order valence-electron chi connectivity index (χ2n) is 3.91. The standard InChI is InChI=1S/C11H13BrFNO/c12-9-2-1-8(11(13)5-9)6-14-4-3-10(15)7-14/h1-2,5,10,15H,3-4,6-7H2/t10-/m0/s1. The Kier molecular flexibility index (Phi) is 3.38. The summed E-state index contributed by atoms with van der Waals surface area (Å²) in [4.78, 5) is 2.07. The van der Waals surface area contributed by atoms with Crippen molar-refractivity contribution in [2.45, 2.75) is 19.1 Å². The van der Waals surface area contributed by atoms with Crippen LogP contribution in [0.25, 0.3) is 0 Å². The van der Waals surface area contributed by atoms with Crippen molar-refractivity contribution in [1.29, 1.82) is 0 Å². The molecular weight excluding hydrogens is 261 g/mol. The zero-order chi connectivity index (χ0) is 10.8. The maximum atomic E-state index is 13.5. The first-order valence-corrected chi connectivity index (χ1v) is 5.79. The number of aliphatic hydroxyl groups excluding tert-OH is 1. The summed E-state index contributed by atoms with van der Waals surface area (Å²) in [6.45, 7) is 2.07. The lowest BCUT2D eigenvalue weighted by molar-refractivity contribution is 0.174. The summed E-state index contributed by atoms with van der Waals surface area (Å²) < 4.78 is 14.2. The Bertz CT molecular complexity index is 358. The molecule has 1 aromatic carbocycles. The van der Waals surface area contributed by atoms with E-state index in [1.807, 2.05) is 6.07 Å². The van der Waals surface area contributed by atoms with Crippen molar-refractivity contribution < 1.29 is 9.50 Å². The maximum absolute atomic E-state index is 13.5. The van der Waals surface area contributed by atoms with Gasteiger partial charge in [-0.1, -0.05) is 22.0 Å². The molecule has 1 saturated heterocycles. The first-order valence-electron chi connectivity index (χ1n) is 4.99. The zero-order valence-corrected chi connectivity index (χ0v) is 9.87. The third-order valence-corrected chi connectivity index (χ3v) is 3.15. The fourth-order valence-corrected chi connectivity index (χ4v) is 2.18. The van der Waals surface area contributed by atoms with Crippen LogP contribution < -0.4 is 0 Å². The summed E-state index contributed by atoms with van der Waals surface area (Å²) in [5, 5.41) is 9.35. The maximum Gasteiger partial charge on any atom is 0.128 e. The molecular formula is C11H13BrFNO. The van der Waals surface area contributed by atoms with Gasteiger partial charge in [-0.3, -0.25) is 4.90 Å². The van der Waals surface area contributed by atoms with Crippen molar-refractivity contribution in [3.05, 3.63) is 34.1 Å². The zero-order valence-electron chi connectivity index (χ0n) is 8.29. The molecule has 0 amide bonds. The highest BCUT2D eigenvalue weighted by atomic mass is 79.9. The predicted molar refractivity (Wildman–Crippen MR) is 60.0 cm³/mol. The molecule has 1 N–H and O–H groups in total. The molecule has 0 aromatic heterocycles. The highest BCUT2D eigenvalue weighted by Gasteiger charge is 2.20. The van der Waals surface area contributed by atoms with E-state index >= 15 is 0 Å². The van der Waals surface area contributed by atoms with Gasteiger partial charge >= 0.3 is 0 Å². The lowest BCUT2D eigenvalue weighted by Crippen LogP contribution is -2.22. The molecule has 2 rings (SSSR count). The van der Waals surface area contributed by atoms with Crippen LogP contribution in [0.3, 0.4) is 0 Å². The van der Waals surface area contributed by atoms with E-state index in [1.165, 1.54) is 6.07 Å². The van der Waals surface area contributed by atoms with E-state index in [2.05, 4.69) is 20.8 Å². The van der Waals surface area contributed by atoms with E-state index in [0.717, 1.165) is 17.4 Å². The van der Waals surface area contributed by atoms with Gasteiger partial charge in [-0.15, -0.1) is 0 Å². The normalized spacial score (nSPS) is 22.2. The molecule has 1 aliphatic rings. The number of nitrogens with zero attached hydrogens (tertiary/aromatic N) is 1. The summed E-state index contributed by atoms with van der Waals surface area (Å²) in [6.07, 6.45) is 0.543. The van der Waals surface area contributed by atoms with Crippen LogP contribution in [0.15, 0.2) is 22.7 Å². The number of halogens is 2. The molecule has 0 spiro atoms. The highest BCUT2D eigenvalue weighted by molar-refractivity contribution is 9.10. The fraction of sp³-hybridized carbons (Fsp3) is 0.455. The van der Waals surface area contributed by atoms with Crippen molar-refractivity contribution >= 4 is 15.9 Å². The molecule has 2 nitrogen and oxygen atoms in total. The molecule has 1 atom stereocenters. The molecule has 82 valence electrons. The molecule has 1 aromatic rings. The molecule has 0 aliphatic carbocycles. The first-order chi connectivity index (χ1) is 7.15. The molecule has 4 heteroatoms. The Morgan fingerprint density at radius 2 is 2.33 bits per heavy atom. The van der Waals surface area contributed by atoms with E-state index < -0.39 is 0 Å². The van der Waals surface area contributed by atoms with Crippen molar-refractivity contribution in [2.75, 3.05) is 13.1 Å². The monoisotopic (exact) mass is 273 g/mol. The van der Waals surface area contributed by atoms with Crippen LogP contribution in [0.5, 0.6) is 0 Å². The molecule has 1 fully saturated rings. The third-order valence-electron chi connectivity index (χ3n) is 2.66. The van der Waals surface area contributed by atoms with Crippen LogP contribution in [0, 0.1) is 5.82 Å². The number of likely N-dealkylation sites (tertiary alicyclic amines) is 1. The second-order valence-corrected chi connectivity index (χ2v) is 4.83. The van der Waals surface area contributed by atoms with Gasteiger partial charge in [-0.25, -0.2) is 4.39 Å². The minimum atomic E-state index is -0.247. The minimum absolute atomic E-state index is 0.189. The summed E-state index contributed by atoms with van der Waals surface area (Å²) in [5.41, 5.74) is 0.687. The van der Waals surface area contributed by atoms with Gasteiger partial charge in [-0.2, -0.15) is 0 Å². The van der Waals surface area contributed by atoms with Crippen LogP contribution in [0.1, 0.15) is 12.0 Å². The quantitative estimate of drug-likeness (QED) is 0.893. The number of aliphatic hydroxyl groups is 1. The Balaban J connectivity index is 2.04. The average Bonchev–Trinajstić information content (AvgIpc) is 2.56. The summed E-state index contributed by atoms with van der Waals surface area (Å²) >= 11 is 3.22. The van der Waals surface area contributed by atoms with Crippen molar-refractivity contribution in [3.63, 3.8) is 0 Å². The second kappa shape index (κ2) is 4.60. The van der Waals surface area contributed by atoms with Crippen LogP contribution >= 0.6 is 15.9 Å². The topological polar surface area (TPSA) is 23.5 Å². The van der Waals surface area contributed by atoms with Gasteiger partial charge in [0.05, 0.1) is 6.10 Å². The van der Waals surface area contributed by atoms with Gasteiger partial charge in [-0.05, 0) is 18.6 Å². The third kappa shape index (κ3) is 2.77. The van der Waals surface area contributed by atoms with Gasteiger partial charge in [0, 0.05) is 29.7 Å². The van der Waals surface area contributed by atoms with Crippen molar-refractivity contribution in [3.8, 4) is 0 Å². The fourth-order valence-electron chi connectivity index (χ4n) is 1.85. The largest absolute Gasteiger partial charge is 0.392 e. The van der Waals surface area contributed by atoms with E-state index in [1.54, 1.807) is 6.07 Å². The number of hydrogen-bond donors (Lipinski definition) is 1. The summed E-state index contributed by atoms with van der Waals surface area (Å²) in [5.74, 6) is -0.189. The Labute approximate surface area is 96.8 Å². The van der Waals surface area contributed by atoms with Gasteiger partial charge in [0.15, 0.2) is 0 Å². The van der Waals surface area contributed by atoms with Gasteiger partial charge in [0.2, 0.25) is 0 Å². The number of hydrogen-bond acceptors (Lipinski definition) is 2. The number of rotatable bonds is 2. The van der Waals surface area contributed by atoms with Crippen LogP contribution in [-0.2, 0) is 6.54 Å². The molecule has 1 heterocycles. The van der Waals surface area contributed by atoms with Crippen LogP contribution in [-0.4, -0.2) is 29.2 Å². The Morgan fingerprint density at radius 1 is 1.53 bits per heavy atom. The summed E-state index contributed by atoms with van der Waals surface area (Å²) in [6, 6.07) is 5.09. The first kappa shape index (κ1) is 11.0. The van der Waals surface area contributed by atoms with Gasteiger partial charge in [0.1, 0.15) is 5.82 Å². The molecule has 15 heavy (non-hydrogen) atoms. The van der Waals surface area contributed by atoms with Gasteiger partial charge < -0.3 is 5.11 Å². The Morgan fingerprint density at radius 3 is 2.93 bits per heavy atom. The lowest BCUT2D eigenvalue weighted by Gasteiger charge is -2.15. The predicted octanol–water partition coefficient (Wildman–Crippen LogP) is 2.15. The number of benzene rings is 1. The SMILES string of the molecule is O[C@H]1CCN(Cc2ccc(Br)cc2F)C1. The molecule has 0 saturated carbocycles. The molecule has 1 aliphatic heterocycles. The van der Waals surface area contributed by atoms with Crippen molar-refractivity contribution in [2.24, 2.45) is 0 Å². The van der Waals surface area contributed by atoms with Crippen LogP contribution in [0.2, 0.25) is 0 Å². The number of β-amino-alcohol motifs (C(OH)–C–C–N with tert-alkyl or cyclic N) is 1. The molecule has 0 unspecified atom stereocenters. The van der Waals surface area contributed by atoms with Crippen LogP contribution in [0.4, 0.5) is 4.39 Å². The average molecular weight is 274 g/mol. The Hall–Kier alpha value is -0.450. The van der Waals surface area contributed by atoms with E-state index in [9.17, 15) is 9.50 Å². The van der Waals surface area contributed by atoms with Crippen molar-refractivity contribution in [1.82, 2.24) is 4.90 Å². The van der Waals surface area contributed by atoms with E-state index in [4.69, 9.17) is 0 Å². The molecule has 0 radical (unpaired) electrons. The lowest BCUT2D eigenvalue weighted by atomic mass is 10.2. The molecule has 0 bridgehead atoms. The van der Waals surface area contributed by atoms with E-state index in [0.29, 0.717) is 18.7 Å². The van der Waals surface area contributed by atoms with E-state index in [-0.39, 0.29) is 11.9 Å². The smallest absolute Gasteiger partial charge is 0.128 e. The summed E-state index contributed by atoms with van der Waals surface area (Å²) in [7, 11) is 0.